The molecule has 1 unspecified atom stereocenters. The van der Waals surface area contributed by atoms with Gasteiger partial charge in [0.05, 0.1) is 21.3 Å². The van der Waals surface area contributed by atoms with Gasteiger partial charge in [-0.1, -0.05) is 18.2 Å². The van der Waals surface area contributed by atoms with Crippen LogP contribution in [-0.4, -0.2) is 45.7 Å². The molecule has 7 heteroatoms. The Morgan fingerprint density at radius 1 is 1.10 bits per heavy atom. The van der Waals surface area contributed by atoms with Gasteiger partial charge in [0.25, 0.3) is 5.91 Å². The number of carbonyl (C=O) groups is 2. The minimum absolute atomic E-state index is 0.164. The molecule has 158 valence electrons. The van der Waals surface area contributed by atoms with E-state index in [9.17, 15) is 9.59 Å². The Morgan fingerprint density at radius 2 is 1.77 bits per heavy atom. The zero-order chi connectivity index (χ0) is 21.7. The second-order valence-corrected chi connectivity index (χ2v) is 6.74. The summed E-state index contributed by atoms with van der Waals surface area (Å²) in [5.41, 5.74) is 2.44. The quantitative estimate of drug-likeness (QED) is 0.711. The van der Waals surface area contributed by atoms with Gasteiger partial charge < -0.3 is 19.5 Å². The first-order valence-electron chi connectivity index (χ1n) is 9.70. The smallest absolute Gasteiger partial charge is 0.251 e. The van der Waals surface area contributed by atoms with Gasteiger partial charge in [0.15, 0.2) is 11.5 Å². The van der Waals surface area contributed by atoms with Crippen molar-refractivity contribution in [1.29, 1.82) is 0 Å². The van der Waals surface area contributed by atoms with Crippen molar-refractivity contribution < 1.29 is 23.8 Å². The molecule has 0 radical (unpaired) electrons. The Hall–Kier alpha value is -3.48. The number of nitrogens with zero attached hydrogens (tertiary/aromatic N) is 1. The number of nitrogens with one attached hydrogen (secondary N) is 1. The standard InChI is InChI=1S/C23H26N2O5/c1-5-24-23(27)18-14-16-8-6-7-9-17(16)25(18)21(26)11-10-15-12-19(28-2)22(30-4)20(13-15)29-3/h6-13,18H,5,14H2,1-4H3,(H,24,27)/b11-10-. The summed E-state index contributed by atoms with van der Waals surface area (Å²) < 4.78 is 16.1. The van der Waals surface area contributed by atoms with E-state index in [2.05, 4.69) is 5.32 Å². The largest absolute Gasteiger partial charge is 0.493 e. The second kappa shape index (κ2) is 9.35. The number of likely N-dealkylation sites (N-methyl/N-ethyl adjacent to an activating group) is 1. The maximum atomic E-state index is 13.1. The number of hydrogen-bond donors (Lipinski definition) is 1. The van der Waals surface area contributed by atoms with Gasteiger partial charge in [-0.25, -0.2) is 0 Å². The molecule has 30 heavy (non-hydrogen) atoms. The van der Waals surface area contributed by atoms with Gasteiger partial charge in [-0.05, 0) is 42.3 Å². The Bertz CT molecular complexity index is 945. The Morgan fingerprint density at radius 3 is 2.37 bits per heavy atom. The Kier molecular flexibility index (Phi) is 6.61. The number of para-hydroxylation sites is 1. The maximum absolute atomic E-state index is 13.1. The van der Waals surface area contributed by atoms with Crippen molar-refractivity contribution in [1.82, 2.24) is 5.32 Å². The van der Waals surface area contributed by atoms with Crippen LogP contribution in [0.4, 0.5) is 5.69 Å². The number of methoxy groups -OCH3 is 3. The lowest BCUT2D eigenvalue weighted by molar-refractivity contribution is -0.124. The van der Waals surface area contributed by atoms with Gasteiger partial charge in [-0.2, -0.15) is 0 Å². The molecule has 1 atom stereocenters. The lowest BCUT2D eigenvalue weighted by atomic mass is 10.1. The fraction of sp³-hybridized carbons (Fsp3) is 0.304. The Labute approximate surface area is 176 Å². The molecule has 0 fully saturated rings. The summed E-state index contributed by atoms with van der Waals surface area (Å²) in [6.07, 6.45) is 3.61. The summed E-state index contributed by atoms with van der Waals surface area (Å²) in [6, 6.07) is 10.5. The molecule has 1 aliphatic rings. The molecule has 0 spiro atoms. The van der Waals surface area contributed by atoms with E-state index < -0.39 is 6.04 Å². The predicted molar refractivity (Wildman–Crippen MR) is 115 cm³/mol. The van der Waals surface area contributed by atoms with Crippen molar-refractivity contribution >= 4 is 23.6 Å². The molecule has 3 rings (SSSR count). The van der Waals surface area contributed by atoms with Crippen molar-refractivity contribution in [2.45, 2.75) is 19.4 Å². The molecule has 0 aliphatic carbocycles. The summed E-state index contributed by atoms with van der Waals surface area (Å²) in [5.74, 6) is 1.03. The van der Waals surface area contributed by atoms with Crippen molar-refractivity contribution in [2.75, 3.05) is 32.8 Å². The van der Waals surface area contributed by atoms with Crippen molar-refractivity contribution in [3.05, 3.63) is 53.6 Å². The van der Waals surface area contributed by atoms with Crippen LogP contribution in [0.5, 0.6) is 17.2 Å². The molecular weight excluding hydrogens is 384 g/mol. The molecule has 2 amide bonds. The average Bonchev–Trinajstić information content (AvgIpc) is 3.16. The summed E-state index contributed by atoms with van der Waals surface area (Å²) in [4.78, 5) is 27.2. The predicted octanol–water partition coefficient (Wildman–Crippen LogP) is 2.82. The highest BCUT2D eigenvalue weighted by molar-refractivity contribution is 6.10. The van der Waals surface area contributed by atoms with Gasteiger partial charge in [0.2, 0.25) is 11.7 Å². The Balaban J connectivity index is 1.91. The molecule has 0 saturated heterocycles. The fourth-order valence-corrected chi connectivity index (χ4v) is 3.61. The highest BCUT2D eigenvalue weighted by Gasteiger charge is 2.37. The monoisotopic (exact) mass is 410 g/mol. The van der Waals surface area contributed by atoms with Crippen LogP contribution in [0.3, 0.4) is 0 Å². The zero-order valence-electron chi connectivity index (χ0n) is 17.6. The van der Waals surface area contributed by atoms with Crippen LogP contribution in [0.15, 0.2) is 42.5 Å². The van der Waals surface area contributed by atoms with E-state index in [1.54, 1.807) is 23.1 Å². The first kappa shape index (κ1) is 21.2. The van der Waals surface area contributed by atoms with E-state index in [1.165, 1.54) is 27.4 Å². The van der Waals surface area contributed by atoms with E-state index >= 15 is 0 Å². The van der Waals surface area contributed by atoms with Crippen molar-refractivity contribution in [3.63, 3.8) is 0 Å². The minimum atomic E-state index is -0.570. The van der Waals surface area contributed by atoms with E-state index in [-0.39, 0.29) is 11.8 Å². The van der Waals surface area contributed by atoms with Crippen molar-refractivity contribution in [3.8, 4) is 17.2 Å². The normalized spacial score (nSPS) is 15.1. The summed E-state index contributed by atoms with van der Waals surface area (Å²) >= 11 is 0. The topological polar surface area (TPSA) is 77.1 Å². The lowest BCUT2D eigenvalue weighted by Crippen LogP contribution is -2.47. The molecule has 1 N–H and O–H groups in total. The summed E-state index contributed by atoms with van der Waals surface area (Å²) in [6.45, 7) is 2.37. The first-order chi connectivity index (χ1) is 14.5. The number of hydrogen-bond acceptors (Lipinski definition) is 5. The van der Waals surface area contributed by atoms with Crippen LogP contribution < -0.4 is 24.4 Å². The van der Waals surface area contributed by atoms with Crippen LogP contribution in [0.2, 0.25) is 0 Å². The summed E-state index contributed by atoms with van der Waals surface area (Å²) in [5, 5.41) is 2.82. The fourth-order valence-electron chi connectivity index (χ4n) is 3.61. The molecule has 0 aromatic heterocycles. The second-order valence-electron chi connectivity index (χ2n) is 6.74. The number of carbonyl (C=O) groups excluding carboxylic acids is 2. The molecule has 2 aromatic carbocycles. The maximum Gasteiger partial charge on any atom is 0.251 e. The van der Waals surface area contributed by atoms with E-state index in [0.29, 0.717) is 35.8 Å². The zero-order valence-corrected chi connectivity index (χ0v) is 17.6. The van der Waals surface area contributed by atoms with Gasteiger partial charge >= 0.3 is 0 Å². The molecular formula is C23H26N2O5. The number of ether oxygens (including phenoxy) is 3. The van der Waals surface area contributed by atoms with Crippen LogP contribution in [-0.2, 0) is 16.0 Å². The number of benzene rings is 2. The third-order valence-corrected chi connectivity index (χ3v) is 4.97. The molecule has 2 aromatic rings. The average molecular weight is 410 g/mol. The number of amides is 2. The molecule has 0 bridgehead atoms. The van der Waals surface area contributed by atoms with E-state index in [1.807, 2.05) is 31.2 Å². The van der Waals surface area contributed by atoms with E-state index in [4.69, 9.17) is 14.2 Å². The first-order valence-corrected chi connectivity index (χ1v) is 9.70. The van der Waals surface area contributed by atoms with Crippen LogP contribution in [0.1, 0.15) is 18.1 Å². The third-order valence-electron chi connectivity index (χ3n) is 4.97. The third kappa shape index (κ3) is 4.10. The van der Waals surface area contributed by atoms with Gasteiger partial charge in [0, 0.05) is 24.7 Å². The summed E-state index contributed by atoms with van der Waals surface area (Å²) in [7, 11) is 4.60. The highest BCUT2D eigenvalue weighted by atomic mass is 16.5. The highest BCUT2D eigenvalue weighted by Crippen LogP contribution is 2.38. The van der Waals surface area contributed by atoms with Gasteiger partial charge in [0.1, 0.15) is 6.04 Å². The van der Waals surface area contributed by atoms with Crippen molar-refractivity contribution in [2.24, 2.45) is 0 Å². The van der Waals surface area contributed by atoms with Gasteiger partial charge in [-0.15, -0.1) is 0 Å². The number of anilines is 1. The number of fused-ring (bicyclic) bond motifs is 1. The van der Waals surface area contributed by atoms with Gasteiger partial charge in [-0.3, -0.25) is 14.5 Å². The number of rotatable bonds is 7. The van der Waals surface area contributed by atoms with Crippen LogP contribution in [0, 0.1) is 0 Å². The van der Waals surface area contributed by atoms with E-state index in [0.717, 1.165) is 11.3 Å². The SMILES string of the molecule is CCNC(=O)C1Cc2ccccc2N1C(=O)/C=C\c1cc(OC)c(OC)c(OC)c1. The minimum Gasteiger partial charge on any atom is -0.493 e. The molecule has 1 aliphatic heterocycles. The molecule has 1 heterocycles. The molecule has 7 nitrogen and oxygen atoms in total. The van der Waals surface area contributed by atoms with Crippen LogP contribution >= 0.6 is 0 Å². The molecule has 0 saturated carbocycles. The lowest BCUT2D eigenvalue weighted by Gasteiger charge is -2.23. The van der Waals surface area contributed by atoms with Crippen LogP contribution in [0.25, 0.3) is 6.08 Å².